The van der Waals surface area contributed by atoms with Crippen molar-refractivity contribution in [1.82, 2.24) is 10.2 Å². The molecule has 3 fully saturated rings. The molecule has 28 heavy (non-hydrogen) atoms. The van der Waals surface area contributed by atoms with Crippen molar-refractivity contribution in [1.29, 1.82) is 0 Å². The number of hydrogen-bond acceptors (Lipinski definition) is 5. The van der Waals surface area contributed by atoms with Crippen LogP contribution in [0.5, 0.6) is 0 Å². The molecule has 0 unspecified atom stereocenters. The first-order valence-electron chi connectivity index (χ1n) is 9.80. The van der Waals surface area contributed by atoms with Crippen LogP contribution in [0, 0.1) is 5.41 Å². The van der Waals surface area contributed by atoms with E-state index in [-0.39, 0.29) is 36.2 Å². The van der Waals surface area contributed by atoms with Crippen molar-refractivity contribution in [2.24, 2.45) is 5.41 Å². The second kappa shape index (κ2) is 7.52. The molecule has 1 aromatic heterocycles. The number of hydrogen-bond donors (Lipinski definition) is 1. The number of nitrogens with zero attached hydrogens (tertiary/aromatic N) is 1. The van der Waals surface area contributed by atoms with Crippen molar-refractivity contribution in [2.75, 3.05) is 13.2 Å². The summed E-state index contributed by atoms with van der Waals surface area (Å²) < 4.78 is 10.5. The normalized spacial score (nSPS) is 29.7. The lowest BCUT2D eigenvalue weighted by molar-refractivity contribution is -0.138. The monoisotopic (exact) mass is 408 g/mol. The van der Waals surface area contributed by atoms with Gasteiger partial charge in [0.2, 0.25) is 5.91 Å². The Labute approximate surface area is 168 Å². The molecular formula is C20H25ClN2O5. The predicted molar refractivity (Wildman–Crippen MR) is 101 cm³/mol. The third kappa shape index (κ3) is 3.57. The van der Waals surface area contributed by atoms with E-state index in [0.29, 0.717) is 12.0 Å². The van der Waals surface area contributed by atoms with Gasteiger partial charge in [-0.05, 0) is 30.7 Å². The molecule has 1 aromatic rings. The summed E-state index contributed by atoms with van der Waals surface area (Å²) >= 11 is 6.34. The standard InChI is InChI=1S/C20H25ClN2O5/c1-20(5-2-3-6-20)8-14(22-18(25)12-4-7-27-10-12)19(26)23-9-13(21)17-16(23)15(24)11-28-17/h4,7,10,13-14,16-17H,2-3,5-6,8-9,11H2,1H3,(H,22,25)/t13-,14-,16+,17+/m0/s1. The zero-order valence-electron chi connectivity index (χ0n) is 15.9. The van der Waals surface area contributed by atoms with Crippen LogP contribution in [-0.2, 0) is 14.3 Å². The number of furan rings is 1. The summed E-state index contributed by atoms with van der Waals surface area (Å²) in [7, 11) is 0. The topological polar surface area (TPSA) is 88.8 Å². The fraction of sp³-hybridized carbons (Fsp3) is 0.650. The summed E-state index contributed by atoms with van der Waals surface area (Å²) in [5.74, 6) is -0.753. The van der Waals surface area contributed by atoms with Crippen molar-refractivity contribution in [2.45, 2.75) is 62.6 Å². The summed E-state index contributed by atoms with van der Waals surface area (Å²) in [5, 5.41) is 2.45. The summed E-state index contributed by atoms with van der Waals surface area (Å²) in [4.78, 5) is 39.8. The molecule has 2 aliphatic heterocycles. The van der Waals surface area contributed by atoms with E-state index in [1.807, 2.05) is 0 Å². The number of halogens is 1. The Morgan fingerprint density at radius 1 is 1.39 bits per heavy atom. The Kier molecular flexibility index (Phi) is 5.22. The molecular weight excluding hydrogens is 384 g/mol. The molecule has 0 radical (unpaired) electrons. The molecule has 152 valence electrons. The molecule has 4 atom stereocenters. The van der Waals surface area contributed by atoms with E-state index in [4.69, 9.17) is 20.8 Å². The highest BCUT2D eigenvalue weighted by molar-refractivity contribution is 6.22. The molecule has 7 nitrogen and oxygen atoms in total. The number of carbonyl (C=O) groups is 3. The first-order chi connectivity index (χ1) is 13.4. The Morgan fingerprint density at radius 2 is 2.14 bits per heavy atom. The minimum absolute atomic E-state index is 0.0142. The Hall–Kier alpha value is -1.86. The second-order valence-corrected chi connectivity index (χ2v) is 9.01. The van der Waals surface area contributed by atoms with Gasteiger partial charge in [-0.1, -0.05) is 19.8 Å². The number of alkyl halides is 1. The number of ether oxygens (including phenoxy) is 1. The van der Waals surface area contributed by atoms with E-state index in [2.05, 4.69) is 12.2 Å². The molecule has 3 heterocycles. The molecule has 8 heteroatoms. The molecule has 0 spiro atoms. The third-order valence-electron chi connectivity index (χ3n) is 6.30. The van der Waals surface area contributed by atoms with Crippen LogP contribution in [0.25, 0.3) is 0 Å². The van der Waals surface area contributed by atoms with Gasteiger partial charge >= 0.3 is 0 Å². The lowest BCUT2D eigenvalue weighted by Gasteiger charge is -2.32. The molecule has 2 amide bonds. The van der Waals surface area contributed by atoms with E-state index < -0.39 is 23.6 Å². The molecule has 0 bridgehead atoms. The van der Waals surface area contributed by atoms with Crippen molar-refractivity contribution in [3.05, 3.63) is 24.2 Å². The van der Waals surface area contributed by atoms with Crippen LogP contribution in [-0.4, -0.2) is 59.2 Å². The Morgan fingerprint density at radius 3 is 2.82 bits per heavy atom. The van der Waals surface area contributed by atoms with Gasteiger partial charge in [-0.15, -0.1) is 11.6 Å². The zero-order chi connectivity index (χ0) is 19.9. The third-order valence-corrected chi connectivity index (χ3v) is 6.69. The fourth-order valence-electron chi connectivity index (χ4n) is 4.78. The number of likely N-dealkylation sites (tertiary alicyclic amines) is 1. The fourth-order valence-corrected chi connectivity index (χ4v) is 5.14. The molecule has 0 aromatic carbocycles. The molecule has 1 saturated carbocycles. The van der Waals surface area contributed by atoms with Gasteiger partial charge in [0.15, 0.2) is 5.78 Å². The van der Waals surface area contributed by atoms with Gasteiger partial charge in [-0.2, -0.15) is 0 Å². The van der Waals surface area contributed by atoms with Gasteiger partial charge in [-0.3, -0.25) is 14.4 Å². The van der Waals surface area contributed by atoms with Crippen molar-refractivity contribution in [3.8, 4) is 0 Å². The number of rotatable bonds is 5. The summed E-state index contributed by atoms with van der Waals surface area (Å²) in [6.45, 7) is 2.38. The summed E-state index contributed by atoms with van der Waals surface area (Å²) in [6.07, 6.45) is 7.12. The van der Waals surface area contributed by atoms with Gasteiger partial charge < -0.3 is 19.4 Å². The number of nitrogens with one attached hydrogen (secondary N) is 1. The number of amides is 2. The van der Waals surface area contributed by atoms with Crippen molar-refractivity contribution < 1.29 is 23.5 Å². The SMILES string of the molecule is CC1(C[C@H](NC(=O)c2ccoc2)C(=O)N2C[C@H](Cl)[C@H]3OCC(=O)[C@H]32)CCCC1. The van der Waals surface area contributed by atoms with Crippen molar-refractivity contribution >= 4 is 29.2 Å². The maximum absolute atomic E-state index is 13.4. The Balaban J connectivity index is 1.56. The summed E-state index contributed by atoms with van der Waals surface area (Å²) in [5.41, 5.74) is 0.351. The number of Topliss-reactive ketones (excluding diaryl/α,β-unsaturated/α-hetero) is 1. The van der Waals surface area contributed by atoms with Crippen LogP contribution in [0.3, 0.4) is 0 Å². The molecule has 1 N–H and O–H groups in total. The van der Waals surface area contributed by atoms with E-state index in [1.54, 1.807) is 6.07 Å². The predicted octanol–water partition coefficient (Wildman–Crippen LogP) is 2.13. The van der Waals surface area contributed by atoms with Crippen LogP contribution in [0.2, 0.25) is 0 Å². The smallest absolute Gasteiger partial charge is 0.255 e. The highest BCUT2D eigenvalue weighted by Gasteiger charge is 2.53. The van der Waals surface area contributed by atoms with E-state index in [0.717, 1.165) is 25.7 Å². The molecule has 3 aliphatic rings. The van der Waals surface area contributed by atoms with Gasteiger partial charge in [0.1, 0.15) is 31.1 Å². The Bertz CT molecular complexity index is 759. The van der Waals surface area contributed by atoms with Crippen molar-refractivity contribution in [3.63, 3.8) is 0 Å². The molecule has 4 rings (SSSR count). The van der Waals surface area contributed by atoms with Crippen LogP contribution in [0.15, 0.2) is 23.0 Å². The van der Waals surface area contributed by atoms with E-state index >= 15 is 0 Å². The lowest BCUT2D eigenvalue weighted by Crippen LogP contribution is -2.53. The number of carbonyl (C=O) groups excluding carboxylic acids is 3. The lowest BCUT2D eigenvalue weighted by atomic mass is 9.81. The highest BCUT2D eigenvalue weighted by Crippen LogP contribution is 2.42. The van der Waals surface area contributed by atoms with Crippen LogP contribution >= 0.6 is 11.6 Å². The van der Waals surface area contributed by atoms with Gasteiger partial charge in [0, 0.05) is 6.54 Å². The second-order valence-electron chi connectivity index (χ2n) is 8.45. The average molecular weight is 409 g/mol. The first kappa shape index (κ1) is 19.5. The minimum Gasteiger partial charge on any atom is -0.472 e. The van der Waals surface area contributed by atoms with Gasteiger partial charge in [-0.25, -0.2) is 0 Å². The van der Waals surface area contributed by atoms with Gasteiger partial charge in [0.05, 0.1) is 17.2 Å². The first-order valence-corrected chi connectivity index (χ1v) is 10.2. The highest BCUT2D eigenvalue weighted by atomic mass is 35.5. The van der Waals surface area contributed by atoms with E-state index in [1.165, 1.54) is 17.4 Å². The maximum atomic E-state index is 13.4. The zero-order valence-corrected chi connectivity index (χ0v) is 16.6. The van der Waals surface area contributed by atoms with E-state index in [9.17, 15) is 14.4 Å². The van der Waals surface area contributed by atoms with Crippen LogP contribution < -0.4 is 5.32 Å². The largest absolute Gasteiger partial charge is 0.472 e. The number of fused-ring (bicyclic) bond motifs is 1. The maximum Gasteiger partial charge on any atom is 0.255 e. The quantitative estimate of drug-likeness (QED) is 0.754. The minimum atomic E-state index is -0.721. The summed E-state index contributed by atoms with van der Waals surface area (Å²) in [6, 6.07) is 0.185. The molecule has 1 aliphatic carbocycles. The van der Waals surface area contributed by atoms with Gasteiger partial charge in [0.25, 0.3) is 5.91 Å². The van der Waals surface area contributed by atoms with Crippen LogP contribution in [0.1, 0.15) is 49.4 Å². The average Bonchev–Trinajstić information content (AvgIpc) is 3.42. The van der Waals surface area contributed by atoms with Crippen LogP contribution in [0.4, 0.5) is 0 Å². The number of ketones is 1. The molecule has 2 saturated heterocycles.